The van der Waals surface area contributed by atoms with Crippen LogP contribution in [0.3, 0.4) is 0 Å². The van der Waals surface area contributed by atoms with Crippen molar-refractivity contribution in [2.24, 2.45) is 5.41 Å². The third-order valence-corrected chi connectivity index (χ3v) is 5.79. The number of carbonyl (C=O) groups excluding carboxylic acids is 2. The summed E-state index contributed by atoms with van der Waals surface area (Å²) in [6.45, 7) is 9.93. The predicted octanol–water partition coefficient (Wildman–Crippen LogP) is 3.16. The molecule has 21 heavy (non-hydrogen) atoms. The number of piperazine rings is 1. The van der Waals surface area contributed by atoms with Crippen molar-refractivity contribution in [1.29, 1.82) is 0 Å². The second-order valence-corrected chi connectivity index (χ2v) is 8.80. The average molecular weight is 373 g/mol. The fraction of sp³-hybridized carbons (Fsp3) is 0.600. The van der Waals surface area contributed by atoms with Crippen LogP contribution in [0.4, 0.5) is 0 Å². The molecule has 2 heterocycles. The topological polar surface area (TPSA) is 49.4 Å². The quantitative estimate of drug-likeness (QED) is 0.866. The number of hydrogen-bond donors (Lipinski definition) is 1. The zero-order valence-electron chi connectivity index (χ0n) is 13.0. The Kier molecular flexibility index (Phi) is 4.23. The Morgan fingerprint density at radius 1 is 1.38 bits per heavy atom. The third kappa shape index (κ3) is 3.01. The highest BCUT2D eigenvalue weighted by molar-refractivity contribution is 9.10. The Morgan fingerprint density at radius 2 is 2.00 bits per heavy atom. The van der Waals surface area contributed by atoms with E-state index < -0.39 is 11.6 Å². The molecule has 1 saturated heterocycles. The molecule has 0 radical (unpaired) electrons. The van der Waals surface area contributed by atoms with Crippen LogP contribution in [0, 0.1) is 5.41 Å². The number of amides is 2. The van der Waals surface area contributed by atoms with Gasteiger partial charge in [0.1, 0.15) is 11.6 Å². The number of rotatable bonds is 2. The van der Waals surface area contributed by atoms with Crippen molar-refractivity contribution in [2.45, 2.75) is 52.7 Å². The Hall–Kier alpha value is -0.880. The highest BCUT2D eigenvalue weighted by Gasteiger charge is 2.49. The molecule has 6 heteroatoms. The monoisotopic (exact) mass is 372 g/mol. The number of nitrogens with one attached hydrogen (secondary N) is 1. The summed E-state index contributed by atoms with van der Waals surface area (Å²) in [5, 5.41) is 4.86. The van der Waals surface area contributed by atoms with Crippen LogP contribution in [0.5, 0.6) is 0 Å². The van der Waals surface area contributed by atoms with Gasteiger partial charge in [0, 0.05) is 9.35 Å². The maximum atomic E-state index is 12.9. The number of hydrogen-bond acceptors (Lipinski definition) is 3. The first-order valence-electron chi connectivity index (χ1n) is 6.89. The lowest BCUT2D eigenvalue weighted by molar-refractivity contribution is -0.159. The SMILES string of the molecule is CC(C)(C)C1NC(=O)C(C)(C)N(Cc2sccc2Br)C1=O. The summed E-state index contributed by atoms with van der Waals surface area (Å²) in [7, 11) is 0. The highest BCUT2D eigenvalue weighted by atomic mass is 79.9. The summed E-state index contributed by atoms with van der Waals surface area (Å²) in [4.78, 5) is 28.0. The van der Waals surface area contributed by atoms with Gasteiger partial charge in [0.15, 0.2) is 0 Å². The number of thiophene rings is 1. The number of carbonyl (C=O) groups is 2. The second-order valence-electron chi connectivity index (χ2n) is 6.95. The van der Waals surface area contributed by atoms with Gasteiger partial charge in [0.2, 0.25) is 11.8 Å². The molecule has 1 N–H and O–H groups in total. The summed E-state index contributed by atoms with van der Waals surface area (Å²) in [6.07, 6.45) is 0. The van der Waals surface area contributed by atoms with Gasteiger partial charge in [-0.25, -0.2) is 0 Å². The van der Waals surface area contributed by atoms with E-state index in [1.807, 2.05) is 32.2 Å². The molecule has 4 nitrogen and oxygen atoms in total. The van der Waals surface area contributed by atoms with E-state index in [-0.39, 0.29) is 17.2 Å². The van der Waals surface area contributed by atoms with Gasteiger partial charge in [0.25, 0.3) is 0 Å². The number of nitrogens with zero attached hydrogens (tertiary/aromatic N) is 1. The molecule has 1 aliphatic heterocycles. The molecule has 2 rings (SSSR count). The van der Waals surface area contributed by atoms with Crippen LogP contribution in [0.25, 0.3) is 0 Å². The van der Waals surface area contributed by atoms with Crippen molar-refractivity contribution in [3.8, 4) is 0 Å². The van der Waals surface area contributed by atoms with E-state index in [9.17, 15) is 9.59 Å². The molecule has 1 atom stereocenters. The first kappa shape index (κ1) is 16.5. The lowest BCUT2D eigenvalue weighted by atomic mass is 9.82. The molecule has 0 aromatic carbocycles. The van der Waals surface area contributed by atoms with E-state index in [1.165, 1.54) is 0 Å². The predicted molar refractivity (Wildman–Crippen MR) is 88.0 cm³/mol. The summed E-state index contributed by atoms with van der Waals surface area (Å²) in [5.74, 6) is -0.123. The van der Waals surface area contributed by atoms with E-state index >= 15 is 0 Å². The highest BCUT2D eigenvalue weighted by Crippen LogP contribution is 2.33. The van der Waals surface area contributed by atoms with Crippen LogP contribution in [-0.4, -0.2) is 28.3 Å². The van der Waals surface area contributed by atoms with Crippen molar-refractivity contribution in [3.63, 3.8) is 0 Å². The summed E-state index contributed by atoms with van der Waals surface area (Å²) >= 11 is 5.08. The van der Waals surface area contributed by atoms with Crippen LogP contribution in [0.1, 0.15) is 39.5 Å². The minimum absolute atomic E-state index is 0.0209. The Labute approximate surface area is 138 Å². The minimum atomic E-state index is -0.845. The summed E-state index contributed by atoms with van der Waals surface area (Å²) < 4.78 is 0.981. The molecule has 0 aliphatic carbocycles. The molecule has 116 valence electrons. The van der Waals surface area contributed by atoms with Gasteiger partial charge < -0.3 is 10.2 Å². The molecule has 0 saturated carbocycles. The second kappa shape index (κ2) is 5.39. The van der Waals surface area contributed by atoms with E-state index in [0.29, 0.717) is 6.54 Å². The van der Waals surface area contributed by atoms with Crippen LogP contribution in [0.2, 0.25) is 0 Å². The Balaban J connectivity index is 2.36. The Morgan fingerprint density at radius 3 is 2.48 bits per heavy atom. The first-order valence-corrected chi connectivity index (χ1v) is 8.56. The van der Waals surface area contributed by atoms with Gasteiger partial charge in [-0.1, -0.05) is 20.8 Å². The van der Waals surface area contributed by atoms with E-state index in [0.717, 1.165) is 9.35 Å². The molecule has 0 bridgehead atoms. The van der Waals surface area contributed by atoms with Crippen LogP contribution in [-0.2, 0) is 16.1 Å². The van der Waals surface area contributed by atoms with Crippen LogP contribution < -0.4 is 5.32 Å². The van der Waals surface area contributed by atoms with Gasteiger partial charge in [-0.05, 0) is 46.6 Å². The van der Waals surface area contributed by atoms with Crippen molar-refractivity contribution < 1.29 is 9.59 Å². The third-order valence-electron chi connectivity index (χ3n) is 3.88. The first-order chi connectivity index (χ1) is 9.55. The van der Waals surface area contributed by atoms with Gasteiger partial charge >= 0.3 is 0 Å². The van der Waals surface area contributed by atoms with Gasteiger partial charge in [0.05, 0.1) is 6.54 Å². The molecular weight excluding hydrogens is 352 g/mol. The van der Waals surface area contributed by atoms with Crippen molar-refractivity contribution >= 4 is 39.1 Å². The molecule has 1 aromatic heterocycles. The van der Waals surface area contributed by atoms with E-state index in [1.54, 1.807) is 30.1 Å². The van der Waals surface area contributed by atoms with Gasteiger partial charge in [-0.2, -0.15) is 0 Å². The van der Waals surface area contributed by atoms with Gasteiger partial charge in [-0.3, -0.25) is 9.59 Å². The molecular formula is C15H21BrN2O2S. The Bertz CT molecular complexity index is 574. The van der Waals surface area contributed by atoms with Gasteiger partial charge in [-0.15, -0.1) is 11.3 Å². The maximum absolute atomic E-state index is 12.9. The molecule has 1 aliphatic rings. The van der Waals surface area contributed by atoms with E-state index in [2.05, 4.69) is 21.2 Å². The van der Waals surface area contributed by atoms with Crippen LogP contribution in [0.15, 0.2) is 15.9 Å². The van der Waals surface area contributed by atoms with Crippen molar-refractivity contribution in [3.05, 3.63) is 20.8 Å². The smallest absolute Gasteiger partial charge is 0.246 e. The van der Waals surface area contributed by atoms with E-state index in [4.69, 9.17) is 0 Å². The molecule has 1 unspecified atom stereocenters. The zero-order chi connectivity index (χ0) is 16.0. The number of halogens is 1. The molecule has 1 fully saturated rings. The summed E-state index contributed by atoms with van der Waals surface area (Å²) in [5.41, 5.74) is -1.16. The summed E-state index contributed by atoms with van der Waals surface area (Å²) in [6, 6.07) is 1.47. The fourth-order valence-electron chi connectivity index (χ4n) is 2.37. The minimum Gasteiger partial charge on any atom is -0.342 e. The zero-order valence-corrected chi connectivity index (χ0v) is 15.4. The largest absolute Gasteiger partial charge is 0.342 e. The normalized spacial score (nSPS) is 22.4. The standard InChI is InChI=1S/C15H21BrN2O2S/c1-14(2,3)11-12(19)18(15(4,5)13(20)17-11)8-10-9(16)6-7-21-10/h6-7,11H,8H2,1-5H3,(H,17,20). The fourth-order valence-corrected chi connectivity index (χ4v) is 3.83. The van der Waals surface area contributed by atoms with Crippen molar-refractivity contribution in [2.75, 3.05) is 0 Å². The molecule has 0 spiro atoms. The van der Waals surface area contributed by atoms with Crippen molar-refractivity contribution in [1.82, 2.24) is 10.2 Å². The van der Waals surface area contributed by atoms with Crippen LogP contribution >= 0.6 is 27.3 Å². The molecule has 2 amide bonds. The molecule has 1 aromatic rings. The lowest BCUT2D eigenvalue weighted by Crippen LogP contribution is -2.70. The lowest BCUT2D eigenvalue weighted by Gasteiger charge is -2.47. The maximum Gasteiger partial charge on any atom is 0.246 e. The average Bonchev–Trinajstić information content (AvgIpc) is 2.74.